The zero-order chi connectivity index (χ0) is 14.2. The molecule has 0 amide bonds. The number of hydrogen-bond donors (Lipinski definition) is 1. The van der Waals surface area contributed by atoms with E-state index < -0.39 is 0 Å². The van der Waals surface area contributed by atoms with Gasteiger partial charge in [-0.25, -0.2) is 0 Å². The number of unbranched alkanes of at least 4 members (excludes halogenated alkanes) is 6. The molecule has 0 fully saturated rings. The minimum absolute atomic E-state index is 0.0567. The Hall–Kier alpha value is -0.820. The second kappa shape index (κ2) is 15.2. The minimum Gasteiger partial charge on any atom is -0.393 e. The molecular weight excluding hydrogens is 232 g/mol. The molecule has 0 heterocycles. The van der Waals surface area contributed by atoms with Crippen molar-refractivity contribution in [2.24, 2.45) is 0 Å². The third-order valence-electron chi connectivity index (χ3n) is 3.27. The molecule has 0 bridgehead atoms. The maximum absolute atomic E-state index is 9.59. The summed E-state index contributed by atoms with van der Waals surface area (Å²) in [5.74, 6) is 0. The molecule has 1 heteroatoms. The summed E-state index contributed by atoms with van der Waals surface area (Å²) in [7, 11) is 0. The van der Waals surface area contributed by atoms with E-state index in [2.05, 4.69) is 25.7 Å². The summed E-state index contributed by atoms with van der Waals surface area (Å²) in [5, 5.41) is 9.59. The van der Waals surface area contributed by atoms with E-state index in [0.717, 1.165) is 19.3 Å². The maximum atomic E-state index is 9.59. The van der Waals surface area contributed by atoms with Crippen LogP contribution in [-0.4, -0.2) is 11.2 Å². The van der Waals surface area contributed by atoms with Crippen LogP contribution in [0.3, 0.4) is 0 Å². The lowest BCUT2D eigenvalue weighted by molar-refractivity contribution is 0.150. The van der Waals surface area contributed by atoms with Gasteiger partial charge in [0.05, 0.1) is 6.10 Å². The predicted octanol–water partition coefficient (Wildman–Crippen LogP) is 5.57. The highest BCUT2D eigenvalue weighted by Gasteiger charge is 2.01. The average Bonchev–Trinajstić information content (AvgIpc) is 2.40. The normalized spacial score (nSPS) is 13.4. The minimum atomic E-state index is -0.0567. The van der Waals surface area contributed by atoms with Crippen LogP contribution < -0.4 is 0 Å². The van der Waals surface area contributed by atoms with Crippen molar-refractivity contribution in [3.05, 3.63) is 37.0 Å². The van der Waals surface area contributed by atoms with E-state index in [-0.39, 0.29) is 6.10 Å². The lowest BCUT2D eigenvalue weighted by Gasteiger charge is -2.08. The molecule has 1 atom stereocenters. The molecule has 0 saturated carbocycles. The van der Waals surface area contributed by atoms with Crippen LogP contribution in [0.25, 0.3) is 0 Å². The van der Waals surface area contributed by atoms with Crippen molar-refractivity contribution in [1.29, 1.82) is 0 Å². The van der Waals surface area contributed by atoms with Crippen molar-refractivity contribution >= 4 is 0 Å². The van der Waals surface area contributed by atoms with Crippen molar-refractivity contribution < 1.29 is 5.11 Å². The fourth-order valence-electron chi connectivity index (χ4n) is 2.14. The van der Waals surface area contributed by atoms with Crippen LogP contribution in [0.1, 0.15) is 71.1 Å². The van der Waals surface area contributed by atoms with Crippen molar-refractivity contribution in [3.63, 3.8) is 0 Å². The van der Waals surface area contributed by atoms with Gasteiger partial charge in [0.25, 0.3) is 0 Å². The van der Waals surface area contributed by atoms with E-state index in [9.17, 15) is 5.11 Å². The van der Waals surface area contributed by atoms with Crippen molar-refractivity contribution in [2.75, 3.05) is 0 Å². The van der Waals surface area contributed by atoms with E-state index in [4.69, 9.17) is 0 Å². The van der Waals surface area contributed by atoms with E-state index >= 15 is 0 Å². The second-order valence-electron chi connectivity index (χ2n) is 5.19. The van der Waals surface area contributed by atoms with Crippen molar-refractivity contribution in [2.45, 2.75) is 77.2 Å². The monoisotopic (exact) mass is 264 g/mol. The summed E-state index contributed by atoms with van der Waals surface area (Å²) in [4.78, 5) is 0. The molecule has 1 N–H and O–H groups in total. The molecule has 0 aromatic carbocycles. The highest BCUT2D eigenvalue weighted by Crippen LogP contribution is 2.11. The van der Waals surface area contributed by atoms with Gasteiger partial charge in [0, 0.05) is 0 Å². The highest BCUT2D eigenvalue weighted by atomic mass is 16.3. The zero-order valence-corrected chi connectivity index (χ0v) is 12.7. The van der Waals surface area contributed by atoms with E-state index in [1.165, 1.54) is 44.9 Å². The van der Waals surface area contributed by atoms with Crippen LogP contribution >= 0.6 is 0 Å². The van der Waals surface area contributed by atoms with E-state index in [0.29, 0.717) is 0 Å². The van der Waals surface area contributed by atoms with Crippen LogP contribution in [0.2, 0.25) is 0 Å². The Morgan fingerprint density at radius 1 is 0.895 bits per heavy atom. The first-order chi connectivity index (χ1) is 9.31. The second-order valence-corrected chi connectivity index (χ2v) is 5.19. The van der Waals surface area contributed by atoms with Gasteiger partial charge in [0.1, 0.15) is 0 Å². The van der Waals surface area contributed by atoms with Gasteiger partial charge in [-0.05, 0) is 25.7 Å². The Kier molecular flexibility index (Phi) is 14.6. The molecule has 0 saturated heterocycles. The van der Waals surface area contributed by atoms with Gasteiger partial charge < -0.3 is 5.11 Å². The Balaban J connectivity index is 3.16. The van der Waals surface area contributed by atoms with Crippen LogP contribution in [0.15, 0.2) is 37.0 Å². The van der Waals surface area contributed by atoms with Gasteiger partial charge in [0.15, 0.2) is 0 Å². The Bertz CT molecular complexity index is 240. The molecule has 0 spiro atoms. The SMILES string of the molecule is C=C/C=C\C=CCCCCCCCCC(O)CCC. The summed E-state index contributed by atoms with van der Waals surface area (Å²) in [5.41, 5.74) is 0. The molecule has 110 valence electrons. The molecule has 1 unspecified atom stereocenters. The Labute approximate surface area is 120 Å². The first-order valence-corrected chi connectivity index (χ1v) is 7.93. The van der Waals surface area contributed by atoms with Crippen molar-refractivity contribution in [1.82, 2.24) is 0 Å². The fraction of sp³-hybridized carbons (Fsp3) is 0.667. The Morgan fingerprint density at radius 3 is 2.26 bits per heavy atom. The van der Waals surface area contributed by atoms with Crippen LogP contribution in [0.4, 0.5) is 0 Å². The molecule has 0 aromatic rings. The Morgan fingerprint density at radius 2 is 1.58 bits per heavy atom. The summed E-state index contributed by atoms with van der Waals surface area (Å²) >= 11 is 0. The summed E-state index contributed by atoms with van der Waals surface area (Å²) in [6, 6.07) is 0. The van der Waals surface area contributed by atoms with Crippen LogP contribution in [0, 0.1) is 0 Å². The van der Waals surface area contributed by atoms with Crippen LogP contribution in [0.5, 0.6) is 0 Å². The lowest BCUT2D eigenvalue weighted by atomic mass is 10.0. The van der Waals surface area contributed by atoms with Gasteiger partial charge >= 0.3 is 0 Å². The molecule has 0 radical (unpaired) electrons. The molecule has 0 aliphatic rings. The van der Waals surface area contributed by atoms with E-state index in [1.807, 2.05) is 12.2 Å². The predicted molar refractivity (Wildman–Crippen MR) is 86.3 cm³/mol. The van der Waals surface area contributed by atoms with Gasteiger partial charge in [-0.1, -0.05) is 82.4 Å². The fourth-order valence-corrected chi connectivity index (χ4v) is 2.14. The standard InChI is InChI=1S/C18H32O/c1-3-5-6-7-8-9-10-11-12-13-14-15-17-18(19)16-4-2/h3,5-8,18-19H,1,4,9-17H2,2H3/b6-5-,8-7?. The third-order valence-corrected chi connectivity index (χ3v) is 3.27. The molecule has 0 aliphatic heterocycles. The number of allylic oxidation sites excluding steroid dienone is 5. The summed E-state index contributed by atoms with van der Waals surface area (Å²) < 4.78 is 0. The van der Waals surface area contributed by atoms with Crippen molar-refractivity contribution in [3.8, 4) is 0 Å². The number of rotatable bonds is 13. The zero-order valence-electron chi connectivity index (χ0n) is 12.7. The van der Waals surface area contributed by atoms with Gasteiger partial charge in [-0.15, -0.1) is 0 Å². The first kappa shape index (κ1) is 18.2. The molecule has 0 aliphatic carbocycles. The third kappa shape index (κ3) is 15.1. The molecule has 19 heavy (non-hydrogen) atoms. The quantitative estimate of drug-likeness (QED) is 0.341. The first-order valence-electron chi connectivity index (χ1n) is 7.93. The topological polar surface area (TPSA) is 20.2 Å². The molecular formula is C18H32O. The maximum Gasteiger partial charge on any atom is 0.0540 e. The average molecular weight is 264 g/mol. The number of aliphatic hydroxyl groups is 1. The molecule has 0 rings (SSSR count). The number of hydrogen-bond acceptors (Lipinski definition) is 1. The summed E-state index contributed by atoms with van der Waals surface area (Å²) in [6.07, 6.45) is 22.0. The smallest absolute Gasteiger partial charge is 0.0540 e. The number of aliphatic hydroxyl groups excluding tert-OH is 1. The van der Waals surface area contributed by atoms with Gasteiger partial charge in [0.2, 0.25) is 0 Å². The lowest BCUT2D eigenvalue weighted by Crippen LogP contribution is -2.04. The largest absolute Gasteiger partial charge is 0.393 e. The van der Waals surface area contributed by atoms with Gasteiger partial charge in [-0.2, -0.15) is 0 Å². The summed E-state index contributed by atoms with van der Waals surface area (Å²) in [6.45, 7) is 5.76. The van der Waals surface area contributed by atoms with E-state index in [1.54, 1.807) is 6.08 Å². The van der Waals surface area contributed by atoms with Gasteiger partial charge in [-0.3, -0.25) is 0 Å². The molecule has 1 nitrogen and oxygen atoms in total. The highest BCUT2D eigenvalue weighted by molar-refractivity contribution is 5.08. The molecule has 0 aromatic heterocycles. The van der Waals surface area contributed by atoms with Crippen LogP contribution in [-0.2, 0) is 0 Å².